The number of amides is 2. The Morgan fingerprint density at radius 1 is 1.33 bits per heavy atom. The summed E-state index contributed by atoms with van der Waals surface area (Å²) in [5, 5.41) is 0. The monoisotopic (exact) mass is 354 g/mol. The highest BCUT2D eigenvalue weighted by Gasteiger charge is 2.18. The molecule has 2 amide bonds. The molecule has 6 heteroatoms. The van der Waals surface area contributed by atoms with Gasteiger partial charge < -0.3 is 4.74 Å². The van der Waals surface area contributed by atoms with Crippen LogP contribution in [0, 0.1) is 6.92 Å². The van der Waals surface area contributed by atoms with Gasteiger partial charge in [0, 0.05) is 16.6 Å². The van der Waals surface area contributed by atoms with E-state index in [1.54, 1.807) is 12.1 Å². The zero-order valence-electron chi connectivity index (χ0n) is 11.9. The number of hydrogen-bond donors (Lipinski definition) is 2. The summed E-state index contributed by atoms with van der Waals surface area (Å²) in [5.41, 5.74) is 6.25. The predicted octanol–water partition coefficient (Wildman–Crippen LogP) is 2.48. The minimum Gasteiger partial charge on any atom is -0.378 e. The molecule has 1 heterocycles. The Morgan fingerprint density at radius 2 is 2.14 bits per heavy atom. The molecule has 1 unspecified atom stereocenters. The standard InChI is InChI=1S/C15H19BrN2O3/c1-10-8-11(16)5-6-13(10)15(20)18-17-14(19)9-12-4-2-3-7-21-12/h5-6,8,12H,2-4,7,9H2,1H3,(H,17,19)(H,18,20). The van der Waals surface area contributed by atoms with Crippen molar-refractivity contribution in [2.45, 2.75) is 38.7 Å². The molecule has 0 aliphatic carbocycles. The quantitative estimate of drug-likeness (QED) is 0.819. The zero-order valence-corrected chi connectivity index (χ0v) is 13.5. The van der Waals surface area contributed by atoms with Crippen LogP contribution in [0.15, 0.2) is 22.7 Å². The van der Waals surface area contributed by atoms with Crippen LogP contribution in [0.3, 0.4) is 0 Å². The molecular formula is C15H19BrN2O3. The highest BCUT2D eigenvalue weighted by molar-refractivity contribution is 9.10. The molecule has 0 saturated carbocycles. The summed E-state index contributed by atoms with van der Waals surface area (Å²) in [7, 11) is 0. The van der Waals surface area contributed by atoms with Crippen molar-refractivity contribution in [2.75, 3.05) is 6.61 Å². The van der Waals surface area contributed by atoms with Gasteiger partial charge in [0.25, 0.3) is 5.91 Å². The summed E-state index contributed by atoms with van der Waals surface area (Å²) in [6, 6.07) is 5.36. The fourth-order valence-electron chi connectivity index (χ4n) is 2.30. The third-order valence-electron chi connectivity index (χ3n) is 3.44. The molecule has 1 aliphatic rings. The minimum absolute atomic E-state index is 0.0370. The number of hydrogen-bond acceptors (Lipinski definition) is 3. The van der Waals surface area contributed by atoms with Crippen LogP contribution < -0.4 is 10.9 Å². The fourth-order valence-corrected chi connectivity index (χ4v) is 2.78. The number of carbonyl (C=O) groups is 2. The van der Waals surface area contributed by atoms with E-state index >= 15 is 0 Å². The lowest BCUT2D eigenvalue weighted by molar-refractivity contribution is -0.125. The second-order valence-corrected chi connectivity index (χ2v) is 6.07. The Labute approximate surface area is 132 Å². The number of ether oxygens (including phenoxy) is 1. The molecule has 5 nitrogen and oxygen atoms in total. The largest absolute Gasteiger partial charge is 0.378 e. The molecule has 2 rings (SSSR count). The molecule has 1 saturated heterocycles. The van der Waals surface area contributed by atoms with Crippen LogP contribution in [0.1, 0.15) is 41.6 Å². The van der Waals surface area contributed by atoms with Crippen molar-refractivity contribution in [3.8, 4) is 0 Å². The van der Waals surface area contributed by atoms with Gasteiger partial charge in [-0.2, -0.15) is 0 Å². The zero-order chi connectivity index (χ0) is 15.2. The van der Waals surface area contributed by atoms with Crippen molar-refractivity contribution in [1.82, 2.24) is 10.9 Å². The van der Waals surface area contributed by atoms with Gasteiger partial charge >= 0.3 is 0 Å². The van der Waals surface area contributed by atoms with E-state index in [4.69, 9.17) is 4.74 Å². The Balaban J connectivity index is 1.81. The first kappa shape index (κ1) is 16.0. The Hall–Kier alpha value is -1.40. The number of halogens is 1. The molecular weight excluding hydrogens is 336 g/mol. The molecule has 21 heavy (non-hydrogen) atoms. The average molecular weight is 355 g/mol. The van der Waals surface area contributed by atoms with Crippen LogP contribution in [0.5, 0.6) is 0 Å². The van der Waals surface area contributed by atoms with E-state index in [0.717, 1.165) is 29.3 Å². The summed E-state index contributed by atoms with van der Waals surface area (Å²) in [4.78, 5) is 23.8. The Morgan fingerprint density at radius 3 is 2.81 bits per heavy atom. The van der Waals surface area contributed by atoms with Crippen molar-refractivity contribution in [2.24, 2.45) is 0 Å². The van der Waals surface area contributed by atoms with Gasteiger partial charge in [-0.05, 0) is 49.9 Å². The molecule has 0 radical (unpaired) electrons. The molecule has 1 atom stereocenters. The van der Waals surface area contributed by atoms with E-state index < -0.39 is 0 Å². The van der Waals surface area contributed by atoms with Gasteiger partial charge in [-0.1, -0.05) is 15.9 Å². The number of benzene rings is 1. The van der Waals surface area contributed by atoms with Crippen molar-refractivity contribution in [3.63, 3.8) is 0 Å². The molecule has 114 valence electrons. The van der Waals surface area contributed by atoms with Crippen LogP contribution in [0.25, 0.3) is 0 Å². The lowest BCUT2D eigenvalue weighted by atomic mass is 10.1. The summed E-state index contributed by atoms with van der Waals surface area (Å²) >= 11 is 3.35. The summed E-state index contributed by atoms with van der Waals surface area (Å²) in [5.74, 6) is -0.553. The highest BCUT2D eigenvalue weighted by Crippen LogP contribution is 2.16. The van der Waals surface area contributed by atoms with Gasteiger partial charge in [-0.15, -0.1) is 0 Å². The SMILES string of the molecule is Cc1cc(Br)ccc1C(=O)NNC(=O)CC1CCCCO1. The molecule has 1 aromatic carbocycles. The van der Waals surface area contributed by atoms with Crippen LogP contribution in [0.2, 0.25) is 0 Å². The van der Waals surface area contributed by atoms with E-state index in [9.17, 15) is 9.59 Å². The Bertz CT molecular complexity index is 528. The normalized spacial score (nSPS) is 18.1. The number of carbonyl (C=O) groups excluding carboxylic acids is 2. The van der Waals surface area contributed by atoms with Crippen molar-refractivity contribution in [3.05, 3.63) is 33.8 Å². The van der Waals surface area contributed by atoms with Crippen molar-refractivity contribution >= 4 is 27.7 Å². The maximum absolute atomic E-state index is 12.0. The molecule has 2 N–H and O–H groups in total. The van der Waals surface area contributed by atoms with Gasteiger partial charge in [-0.25, -0.2) is 0 Å². The van der Waals surface area contributed by atoms with Crippen molar-refractivity contribution < 1.29 is 14.3 Å². The molecule has 0 bridgehead atoms. The van der Waals surface area contributed by atoms with E-state index in [2.05, 4.69) is 26.8 Å². The van der Waals surface area contributed by atoms with Gasteiger partial charge in [0.2, 0.25) is 5.91 Å². The highest BCUT2D eigenvalue weighted by atomic mass is 79.9. The first-order valence-corrected chi connectivity index (χ1v) is 7.82. The predicted molar refractivity (Wildman–Crippen MR) is 82.7 cm³/mol. The van der Waals surface area contributed by atoms with Crippen molar-refractivity contribution in [1.29, 1.82) is 0 Å². The van der Waals surface area contributed by atoms with Crippen LogP contribution in [-0.2, 0) is 9.53 Å². The van der Waals surface area contributed by atoms with Crippen LogP contribution in [-0.4, -0.2) is 24.5 Å². The van der Waals surface area contributed by atoms with Gasteiger partial charge in [-0.3, -0.25) is 20.4 Å². The van der Waals surface area contributed by atoms with Gasteiger partial charge in [0.1, 0.15) is 0 Å². The smallest absolute Gasteiger partial charge is 0.269 e. The number of nitrogens with one attached hydrogen (secondary N) is 2. The lowest BCUT2D eigenvalue weighted by Crippen LogP contribution is -2.43. The van der Waals surface area contributed by atoms with E-state index in [-0.39, 0.29) is 24.3 Å². The first-order chi connectivity index (χ1) is 10.1. The number of rotatable bonds is 3. The second-order valence-electron chi connectivity index (χ2n) is 5.15. The van der Waals surface area contributed by atoms with E-state index in [0.29, 0.717) is 12.2 Å². The molecule has 1 aromatic rings. The van der Waals surface area contributed by atoms with E-state index in [1.165, 1.54) is 0 Å². The second kappa shape index (κ2) is 7.56. The van der Waals surface area contributed by atoms with Gasteiger partial charge in [0.15, 0.2) is 0 Å². The minimum atomic E-state index is -0.321. The summed E-state index contributed by atoms with van der Waals surface area (Å²) in [6.07, 6.45) is 3.28. The van der Waals surface area contributed by atoms with Crippen LogP contribution >= 0.6 is 15.9 Å². The summed E-state index contributed by atoms with van der Waals surface area (Å²) < 4.78 is 6.41. The maximum Gasteiger partial charge on any atom is 0.269 e. The maximum atomic E-state index is 12.0. The third kappa shape index (κ3) is 4.82. The van der Waals surface area contributed by atoms with E-state index in [1.807, 2.05) is 13.0 Å². The Kier molecular flexibility index (Phi) is 5.76. The molecule has 0 spiro atoms. The lowest BCUT2D eigenvalue weighted by Gasteiger charge is -2.22. The number of hydrazine groups is 1. The molecule has 1 aliphatic heterocycles. The summed E-state index contributed by atoms with van der Waals surface area (Å²) in [6.45, 7) is 2.56. The van der Waals surface area contributed by atoms with Crippen LogP contribution in [0.4, 0.5) is 0 Å². The topological polar surface area (TPSA) is 67.4 Å². The molecule has 1 fully saturated rings. The molecule has 0 aromatic heterocycles. The first-order valence-electron chi connectivity index (χ1n) is 7.03. The fraction of sp³-hybridized carbons (Fsp3) is 0.467. The number of aryl methyl sites for hydroxylation is 1. The third-order valence-corrected chi connectivity index (χ3v) is 3.93. The van der Waals surface area contributed by atoms with Gasteiger partial charge in [0.05, 0.1) is 12.5 Å². The average Bonchev–Trinajstić information content (AvgIpc) is 2.46.